The van der Waals surface area contributed by atoms with Gasteiger partial charge in [-0.25, -0.2) is 0 Å². The molecule has 1 nitrogen and oxygen atoms in total. The van der Waals surface area contributed by atoms with Crippen LogP contribution in [0.1, 0.15) is 46.5 Å². The third-order valence-electron chi connectivity index (χ3n) is 2.14. The van der Waals surface area contributed by atoms with Gasteiger partial charge in [0, 0.05) is 6.04 Å². The summed E-state index contributed by atoms with van der Waals surface area (Å²) >= 11 is 0. The monoisotopic (exact) mass is 157 g/mol. The number of hydrogen-bond acceptors (Lipinski definition) is 1. The highest BCUT2D eigenvalue weighted by molar-refractivity contribution is 4.73. The second kappa shape index (κ2) is 6.66. The molecule has 11 heavy (non-hydrogen) atoms. The van der Waals surface area contributed by atoms with Gasteiger partial charge in [0.05, 0.1) is 0 Å². The first kappa shape index (κ1) is 11.0. The predicted molar refractivity (Wildman–Crippen MR) is 51.9 cm³/mol. The molecule has 0 aliphatic carbocycles. The van der Waals surface area contributed by atoms with Gasteiger partial charge >= 0.3 is 0 Å². The molecule has 0 aromatic rings. The maximum absolute atomic E-state index is 2.46. The van der Waals surface area contributed by atoms with Crippen LogP contribution in [-0.2, 0) is 0 Å². The molecule has 0 saturated carbocycles. The van der Waals surface area contributed by atoms with E-state index in [0.717, 1.165) is 6.04 Å². The molecular weight excluding hydrogens is 134 g/mol. The standard InChI is InChI=1S/C7H15N.C3H8/c1-3-7-5-4-6-8(7)2;1-3-2/h7H,3-6H2,1-2H3;3H2,1-2H3/t7-;/m0./s1. The third kappa shape index (κ3) is 4.41. The Bertz CT molecular complexity index is 80.9. The van der Waals surface area contributed by atoms with E-state index in [9.17, 15) is 0 Å². The van der Waals surface area contributed by atoms with Crippen molar-refractivity contribution in [2.45, 2.75) is 52.5 Å². The minimum atomic E-state index is 0.898. The molecule has 0 radical (unpaired) electrons. The predicted octanol–water partition coefficient (Wildman–Crippen LogP) is 2.91. The molecule has 0 N–H and O–H groups in total. The fraction of sp³-hybridized carbons (Fsp3) is 1.00. The molecule has 0 spiro atoms. The Kier molecular flexibility index (Phi) is 6.63. The molecule has 0 bridgehead atoms. The number of rotatable bonds is 1. The summed E-state index contributed by atoms with van der Waals surface area (Å²) in [4.78, 5) is 2.46. The summed E-state index contributed by atoms with van der Waals surface area (Å²) in [6, 6.07) is 0.898. The maximum atomic E-state index is 2.46. The summed E-state index contributed by atoms with van der Waals surface area (Å²) < 4.78 is 0. The molecule has 1 fully saturated rings. The molecule has 1 aliphatic heterocycles. The zero-order valence-corrected chi connectivity index (χ0v) is 8.56. The first-order chi connectivity index (χ1) is 5.26. The van der Waals surface area contributed by atoms with E-state index in [1.165, 1.54) is 32.2 Å². The van der Waals surface area contributed by atoms with Gasteiger partial charge in [-0.3, -0.25) is 0 Å². The van der Waals surface area contributed by atoms with Crippen LogP contribution in [0.4, 0.5) is 0 Å². The molecule has 1 heterocycles. The summed E-state index contributed by atoms with van der Waals surface area (Å²) in [6.07, 6.45) is 5.42. The smallest absolute Gasteiger partial charge is 0.00900 e. The molecule has 0 aromatic carbocycles. The van der Waals surface area contributed by atoms with Gasteiger partial charge in [0.2, 0.25) is 0 Å². The van der Waals surface area contributed by atoms with Crippen LogP contribution < -0.4 is 0 Å². The van der Waals surface area contributed by atoms with Crippen molar-refractivity contribution < 1.29 is 0 Å². The third-order valence-corrected chi connectivity index (χ3v) is 2.14. The lowest BCUT2D eigenvalue weighted by Gasteiger charge is -2.16. The Balaban J connectivity index is 0.000000292. The summed E-state index contributed by atoms with van der Waals surface area (Å²) in [5.74, 6) is 0. The number of nitrogens with zero attached hydrogens (tertiary/aromatic N) is 1. The van der Waals surface area contributed by atoms with Crippen LogP contribution in [0.3, 0.4) is 0 Å². The van der Waals surface area contributed by atoms with Crippen molar-refractivity contribution in [2.75, 3.05) is 13.6 Å². The normalized spacial score (nSPS) is 24.5. The van der Waals surface area contributed by atoms with Crippen molar-refractivity contribution in [3.05, 3.63) is 0 Å². The van der Waals surface area contributed by atoms with E-state index in [-0.39, 0.29) is 0 Å². The largest absolute Gasteiger partial charge is 0.303 e. The second-order valence-electron chi connectivity index (χ2n) is 3.39. The fourth-order valence-electron chi connectivity index (χ4n) is 1.50. The van der Waals surface area contributed by atoms with Crippen LogP contribution >= 0.6 is 0 Å². The summed E-state index contributed by atoms with van der Waals surface area (Å²) in [7, 11) is 2.22. The minimum absolute atomic E-state index is 0.898. The molecule has 0 unspecified atom stereocenters. The fourth-order valence-corrected chi connectivity index (χ4v) is 1.50. The lowest BCUT2D eigenvalue weighted by molar-refractivity contribution is 0.304. The lowest BCUT2D eigenvalue weighted by Crippen LogP contribution is -2.23. The number of hydrogen-bond donors (Lipinski definition) is 0. The van der Waals surface area contributed by atoms with E-state index < -0.39 is 0 Å². The van der Waals surface area contributed by atoms with E-state index in [1.54, 1.807) is 0 Å². The van der Waals surface area contributed by atoms with Gasteiger partial charge in [-0.1, -0.05) is 27.2 Å². The van der Waals surface area contributed by atoms with Crippen molar-refractivity contribution in [1.82, 2.24) is 4.90 Å². The topological polar surface area (TPSA) is 3.24 Å². The molecule has 68 valence electrons. The highest BCUT2D eigenvalue weighted by Gasteiger charge is 2.17. The van der Waals surface area contributed by atoms with Crippen LogP contribution in [0.25, 0.3) is 0 Å². The Morgan fingerprint density at radius 2 is 1.82 bits per heavy atom. The molecule has 1 aliphatic rings. The Morgan fingerprint density at radius 1 is 1.27 bits per heavy atom. The van der Waals surface area contributed by atoms with Gasteiger partial charge in [-0.15, -0.1) is 0 Å². The van der Waals surface area contributed by atoms with Crippen molar-refractivity contribution in [3.8, 4) is 0 Å². The zero-order valence-electron chi connectivity index (χ0n) is 8.56. The van der Waals surface area contributed by atoms with Crippen LogP contribution in [0.15, 0.2) is 0 Å². The minimum Gasteiger partial charge on any atom is -0.303 e. The molecule has 1 heteroatoms. The van der Waals surface area contributed by atoms with Crippen molar-refractivity contribution >= 4 is 0 Å². The maximum Gasteiger partial charge on any atom is 0.00900 e. The van der Waals surface area contributed by atoms with Gasteiger partial charge in [0.15, 0.2) is 0 Å². The van der Waals surface area contributed by atoms with Gasteiger partial charge in [0.1, 0.15) is 0 Å². The van der Waals surface area contributed by atoms with Crippen LogP contribution in [-0.4, -0.2) is 24.5 Å². The first-order valence-corrected chi connectivity index (χ1v) is 4.96. The molecule has 1 saturated heterocycles. The Labute approximate surface area is 71.8 Å². The van der Waals surface area contributed by atoms with Gasteiger partial charge in [-0.2, -0.15) is 0 Å². The second-order valence-corrected chi connectivity index (χ2v) is 3.39. The summed E-state index contributed by atoms with van der Waals surface area (Å²) in [6.45, 7) is 7.84. The highest BCUT2D eigenvalue weighted by atomic mass is 15.1. The SMILES string of the molecule is CCC.CC[C@H]1CCCN1C. The van der Waals surface area contributed by atoms with E-state index in [0.29, 0.717) is 0 Å². The quantitative estimate of drug-likeness (QED) is 0.565. The lowest BCUT2D eigenvalue weighted by atomic mass is 10.2. The average molecular weight is 157 g/mol. The van der Waals surface area contributed by atoms with E-state index >= 15 is 0 Å². The van der Waals surface area contributed by atoms with Crippen molar-refractivity contribution in [3.63, 3.8) is 0 Å². The zero-order chi connectivity index (χ0) is 8.69. The molecular formula is C10H23N. The van der Waals surface area contributed by atoms with E-state index in [2.05, 4.69) is 32.7 Å². The van der Waals surface area contributed by atoms with Gasteiger partial charge < -0.3 is 4.90 Å². The van der Waals surface area contributed by atoms with Crippen LogP contribution in [0.5, 0.6) is 0 Å². The van der Waals surface area contributed by atoms with Gasteiger partial charge in [0.25, 0.3) is 0 Å². The Hall–Kier alpha value is -0.0400. The number of likely N-dealkylation sites (tertiary alicyclic amines) is 1. The van der Waals surface area contributed by atoms with Gasteiger partial charge in [-0.05, 0) is 32.9 Å². The first-order valence-electron chi connectivity index (χ1n) is 4.96. The van der Waals surface area contributed by atoms with Crippen molar-refractivity contribution in [2.24, 2.45) is 0 Å². The Morgan fingerprint density at radius 3 is 2.00 bits per heavy atom. The molecule has 0 aromatic heterocycles. The molecule has 1 rings (SSSR count). The summed E-state index contributed by atoms with van der Waals surface area (Å²) in [5, 5.41) is 0. The van der Waals surface area contributed by atoms with E-state index in [4.69, 9.17) is 0 Å². The average Bonchev–Trinajstić information content (AvgIpc) is 2.36. The molecule has 1 atom stereocenters. The van der Waals surface area contributed by atoms with Crippen molar-refractivity contribution in [1.29, 1.82) is 0 Å². The van der Waals surface area contributed by atoms with Crippen LogP contribution in [0.2, 0.25) is 0 Å². The highest BCUT2D eigenvalue weighted by Crippen LogP contribution is 2.16. The summed E-state index contributed by atoms with van der Waals surface area (Å²) in [5.41, 5.74) is 0. The molecule has 0 amide bonds. The van der Waals surface area contributed by atoms with E-state index in [1.807, 2.05) is 0 Å². The van der Waals surface area contributed by atoms with Crippen LogP contribution in [0, 0.1) is 0 Å².